The standard InChI is InChI=1S/C22H21ClFN5O2/c1-26(12-14-8-5-4-6-9-14)21-25-19-18(20(30)28(3)22(31)27(19)2)29(21)13-15-16(23)10-7-11-17(15)24/h4-11H,12-13H2,1-3H3. The van der Waals surface area contributed by atoms with Crippen LogP contribution in [0.2, 0.25) is 5.02 Å². The summed E-state index contributed by atoms with van der Waals surface area (Å²) in [6.07, 6.45) is 0. The van der Waals surface area contributed by atoms with Crippen LogP contribution in [0.3, 0.4) is 0 Å². The topological polar surface area (TPSA) is 65.1 Å². The van der Waals surface area contributed by atoms with Crippen molar-refractivity contribution in [2.75, 3.05) is 11.9 Å². The van der Waals surface area contributed by atoms with Gasteiger partial charge in [-0.05, 0) is 17.7 Å². The van der Waals surface area contributed by atoms with E-state index in [0.717, 1.165) is 10.1 Å². The maximum atomic E-state index is 14.6. The van der Waals surface area contributed by atoms with Crippen LogP contribution in [0.25, 0.3) is 11.2 Å². The minimum atomic E-state index is -0.502. The van der Waals surface area contributed by atoms with Gasteiger partial charge in [0.25, 0.3) is 5.56 Å². The van der Waals surface area contributed by atoms with E-state index < -0.39 is 17.1 Å². The summed E-state index contributed by atoms with van der Waals surface area (Å²) in [4.78, 5) is 31.9. The van der Waals surface area contributed by atoms with E-state index in [9.17, 15) is 14.0 Å². The Morgan fingerprint density at radius 2 is 1.74 bits per heavy atom. The maximum absolute atomic E-state index is 14.6. The highest BCUT2D eigenvalue weighted by molar-refractivity contribution is 6.31. The lowest BCUT2D eigenvalue weighted by atomic mass is 10.2. The fourth-order valence-corrected chi connectivity index (χ4v) is 3.87. The molecule has 0 aliphatic heterocycles. The van der Waals surface area contributed by atoms with Gasteiger partial charge in [0.15, 0.2) is 11.2 Å². The number of hydrogen-bond acceptors (Lipinski definition) is 4. The van der Waals surface area contributed by atoms with Gasteiger partial charge in [-0.3, -0.25) is 18.5 Å². The second-order valence-corrected chi connectivity index (χ2v) is 7.82. The lowest BCUT2D eigenvalue weighted by molar-refractivity contribution is 0.600. The van der Waals surface area contributed by atoms with E-state index in [-0.39, 0.29) is 28.3 Å². The van der Waals surface area contributed by atoms with Crippen molar-refractivity contribution in [1.82, 2.24) is 18.7 Å². The number of aromatic nitrogens is 4. The highest BCUT2D eigenvalue weighted by Crippen LogP contribution is 2.26. The molecular weight excluding hydrogens is 421 g/mol. The van der Waals surface area contributed by atoms with Crippen molar-refractivity contribution in [3.8, 4) is 0 Å². The number of anilines is 1. The predicted octanol–water partition coefficient (Wildman–Crippen LogP) is 2.91. The lowest BCUT2D eigenvalue weighted by Crippen LogP contribution is -2.37. The minimum absolute atomic E-state index is 0.0100. The first kappa shape index (κ1) is 20.9. The van der Waals surface area contributed by atoms with Gasteiger partial charge in [-0.1, -0.05) is 48.0 Å². The molecule has 7 nitrogen and oxygen atoms in total. The second-order valence-electron chi connectivity index (χ2n) is 7.42. The Kier molecular flexibility index (Phi) is 5.41. The van der Waals surface area contributed by atoms with E-state index in [2.05, 4.69) is 4.98 Å². The van der Waals surface area contributed by atoms with E-state index >= 15 is 0 Å². The molecule has 0 spiro atoms. The highest BCUT2D eigenvalue weighted by atomic mass is 35.5. The summed E-state index contributed by atoms with van der Waals surface area (Å²) in [5.41, 5.74) is 0.734. The maximum Gasteiger partial charge on any atom is 0.332 e. The van der Waals surface area contributed by atoms with E-state index in [4.69, 9.17) is 11.6 Å². The van der Waals surface area contributed by atoms with Gasteiger partial charge in [-0.2, -0.15) is 4.98 Å². The molecule has 0 radical (unpaired) electrons. The monoisotopic (exact) mass is 441 g/mol. The third-order valence-electron chi connectivity index (χ3n) is 5.31. The minimum Gasteiger partial charge on any atom is -0.341 e. The molecule has 0 aliphatic carbocycles. The molecule has 0 saturated carbocycles. The summed E-state index contributed by atoms with van der Waals surface area (Å²) in [7, 11) is 4.79. The van der Waals surface area contributed by atoms with Crippen LogP contribution in [-0.4, -0.2) is 25.7 Å². The third kappa shape index (κ3) is 3.63. The van der Waals surface area contributed by atoms with Gasteiger partial charge in [0.2, 0.25) is 5.95 Å². The van der Waals surface area contributed by atoms with Gasteiger partial charge in [0.1, 0.15) is 5.82 Å². The number of hydrogen-bond donors (Lipinski definition) is 0. The quantitative estimate of drug-likeness (QED) is 0.477. The predicted molar refractivity (Wildman–Crippen MR) is 119 cm³/mol. The van der Waals surface area contributed by atoms with Crippen LogP contribution in [0.1, 0.15) is 11.1 Å². The number of imidazole rings is 1. The molecule has 0 N–H and O–H groups in total. The first-order chi connectivity index (χ1) is 14.8. The van der Waals surface area contributed by atoms with Crippen LogP contribution >= 0.6 is 11.6 Å². The normalized spacial score (nSPS) is 11.3. The van der Waals surface area contributed by atoms with Crippen molar-refractivity contribution in [3.63, 3.8) is 0 Å². The first-order valence-corrected chi connectivity index (χ1v) is 10.0. The Bertz CT molecular complexity index is 1370. The fourth-order valence-electron chi connectivity index (χ4n) is 3.65. The van der Waals surface area contributed by atoms with Crippen molar-refractivity contribution in [2.24, 2.45) is 14.1 Å². The second kappa shape index (κ2) is 8.03. The molecule has 0 aliphatic rings. The Hall–Kier alpha value is -3.39. The molecule has 2 aromatic carbocycles. The van der Waals surface area contributed by atoms with Crippen molar-refractivity contribution >= 4 is 28.7 Å². The molecule has 2 aromatic heterocycles. The van der Waals surface area contributed by atoms with Crippen LogP contribution in [-0.2, 0) is 27.2 Å². The Labute approximate surface area is 182 Å². The van der Waals surface area contributed by atoms with Gasteiger partial charge in [-0.15, -0.1) is 0 Å². The fraction of sp³-hybridized carbons (Fsp3) is 0.227. The van der Waals surface area contributed by atoms with Crippen LogP contribution in [0.4, 0.5) is 10.3 Å². The zero-order chi connectivity index (χ0) is 22.3. The molecule has 0 fully saturated rings. The lowest BCUT2D eigenvalue weighted by Gasteiger charge is -2.20. The van der Waals surface area contributed by atoms with E-state index in [1.165, 1.54) is 23.7 Å². The van der Waals surface area contributed by atoms with Crippen LogP contribution in [0.15, 0.2) is 58.1 Å². The zero-order valence-electron chi connectivity index (χ0n) is 17.3. The summed E-state index contributed by atoms with van der Waals surface area (Å²) in [6, 6.07) is 14.2. The number of rotatable bonds is 5. The summed E-state index contributed by atoms with van der Waals surface area (Å²) in [5.74, 6) is -0.0517. The number of nitrogens with zero attached hydrogens (tertiary/aromatic N) is 5. The Morgan fingerprint density at radius 1 is 1.03 bits per heavy atom. The zero-order valence-corrected chi connectivity index (χ0v) is 18.1. The van der Waals surface area contributed by atoms with Gasteiger partial charge in [-0.25, -0.2) is 9.18 Å². The molecule has 31 heavy (non-hydrogen) atoms. The van der Waals surface area contributed by atoms with Gasteiger partial charge >= 0.3 is 5.69 Å². The first-order valence-electron chi connectivity index (χ1n) is 9.63. The molecule has 9 heteroatoms. The molecule has 4 rings (SSSR count). The van der Waals surface area contributed by atoms with E-state index in [1.54, 1.807) is 17.7 Å². The van der Waals surface area contributed by atoms with E-state index in [0.29, 0.717) is 12.5 Å². The average Bonchev–Trinajstić information content (AvgIpc) is 3.13. The summed E-state index contributed by atoms with van der Waals surface area (Å²) >= 11 is 6.26. The summed E-state index contributed by atoms with van der Waals surface area (Å²) in [5, 5.41) is 0.250. The highest BCUT2D eigenvalue weighted by Gasteiger charge is 2.23. The van der Waals surface area contributed by atoms with Crippen molar-refractivity contribution < 1.29 is 4.39 Å². The molecule has 0 amide bonds. The average molecular weight is 442 g/mol. The molecule has 0 unspecified atom stereocenters. The van der Waals surface area contributed by atoms with Crippen LogP contribution in [0, 0.1) is 5.82 Å². The van der Waals surface area contributed by atoms with Crippen LogP contribution in [0.5, 0.6) is 0 Å². The van der Waals surface area contributed by atoms with Gasteiger partial charge in [0.05, 0.1) is 6.54 Å². The summed E-state index contributed by atoms with van der Waals surface area (Å²) in [6.45, 7) is 0.493. The molecule has 0 saturated heterocycles. The largest absolute Gasteiger partial charge is 0.341 e. The molecule has 160 valence electrons. The number of halogens is 2. The third-order valence-corrected chi connectivity index (χ3v) is 5.66. The molecule has 2 heterocycles. The number of benzene rings is 2. The van der Waals surface area contributed by atoms with Crippen LogP contribution < -0.4 is 16.1 Å². The molecular formula is C22H21ClFN5O2. The SMILES string of the molecule is CN(Cc1ccccc1)c1nc2c(c(=O)n(C)c(=O)n2C)n1Cc1c(F)cccc1Cl. The molecule has 0 atom stereocenters. The number of aryl methyl sites for hydroxylation is 1. The smallest absolute Gasteiger partial charge is 0.332 e. The van der Waals surface area contributed by atoms with Crippen molar-refractivity contribution in [2.45, 2.75) is 13.1 Å². The van der Waals surface area contributed by atoms with Gasteiger partial charge in [0, 0.05) is 38.3 Å². The Balaban J connectivity index is 1.95. The Morgan fingerprint density at radius 3 is 2.42 bits per heavy atom. The summed E-state index contributed by atoms with van der Waals surface area (Å²) < 4.78 is 18.5. The molecule has 4 aromatic rings. The number of fused-ring (bicyclic) bond motifs is 1. The van der Waals surface area contributed by atoms with Crippen molar-refractivity contribution in [1.29, 1.82) is 0 Å². The van der Waals surface area contributed by atoms with Crippen molar-refractivity contribution in [3.05, 3.63) is 91.3 Å². The molecule has 0 bridgehead atoms. The van der Waals surface area contributed by atoms with Gasteiger partial charge < -0.3 is 4.90 Å². The van der Waals surface area contributed by atoms with E-state index in [1.807, 2.05) is 42.3 Å².